The van der Waals surface area contributed by atoms with E-state index in [0.29, 0.717) is 0 Å². The largest absolute Gasteiger partial charge is 0.481 e. The number of nitrogens with two attached hydrogens (primary N) is 1. The van der Waals surface area contributed by atoms with Gasteiger partial charge in [0.1, 0.15) is 0 Å². The minimum absolute atomic E-state index is 0.0131. The van der Waals surface area contributed by atoms with Crippen molar-refractivity contribution in [3.63, 3.8) is 0 Å². The number of allylic oxidation sites excluding steroid dienone is 3. The summed E-state index contributed by atoms with van der Waals surface area (Å²) in [5.74, 6) is -0.860. The van der Waals surface area contributed by atoms with Crippen LogP contribution in [-0.2, 0) is 4.79 Å². The predicted molar refractivity (Wildman–Crippen MR) is 67.3 cm³/mol. The summed E-state index contributed by atoms with van der Waals surface area (Å²) in [6.45, 7) is 2.20. The zero-order valence-electron chi connectivity index (χ0n) is 10.1. The van der Waals surface area contributed by atoms with Gasteiger partial charge in [0.05, 0.1) is 6.42 Å². The van der Waals surface area contributed by atoms with Gasteiger partial charge in [-0.05, 0) is 12.8 Å². The first-order valence-corrected chi connectivity index (χ1v) is 5.97. The number of carbonyl (C=O) groups is 1. The molecule has 0 aliphatic carbocycles. The van der Waals surface area contributed by atoms with E-state index in [1.54, 1.807) is 6.08 Å². The lowest BCUT2D eigenvalue weighted by atomic mass is 10.1. The molecule has 0 saturated heterocycles. The number of carboxylic acid groups (broad SMARTS) is 1. The molecule has 0 radical (unpaired) electrons. The molecule has 0 heterocycles. The minimum Gasteiger partial charge on any atom is -0.481 e. The Labute approximate surface area is 98.0 Å². The van der Waals surface area contributed by atoms with Crippen LogP contribution < -0.4 is 5.73 Å². The maximum atomic E-state index is 10.3. The lowest BCUT2D eigenvalue weighted by molar-refractivity contribution is -0.137. The van der Waals surface area contributed by atoms with E-state index in [4.69, 9.17) is 10.8 Å². The summed E-state index contributed by atoms with van der Waals surface area (Å²) in [5, 5.41) is 8.48. The van der Waals surface area contributed by atoms with Gasteiger partial charge in [-0.15, -0.1) is 0 Å². The van der Waals surface area contributed by atoms with Gasteiger partial charge in [-0.1, -0.05) is 50.5 Å². The molecule has 0 saturated carbocycles. The Kier molecular flexibility index (Phi) is 9.72. The summed E-state index contributed by atoms with van der Waals surface area (Å²) >= 11 is 0. The first kappa shape index (κ1) is 14.9. The summed E-state index contributed by atoms with van der Waals surface area (Å²) in [6, 6.07) is -0.387. The Morgan fingerprint density at radius 2 is 2.06 bits per heavy atom. The second kappa shape index (κ2) is 10.4. The smallest absolute Gasteiger partial charge is 0.305 e. The van der Waals surface area contributed by atoms with Crippen molar-refractivity contribution in [1.29, 1.82) is 0 Å². The SMILES string of the molecule is CCCCCC/C=C/C=C/C(N)CC(=O)O. The number of hydrogen-bond acceptors (Lipinski definition) is 2. The van der Waals surface area contributed by atoms with Crippen LogP contribution in [0, 0.1) is 0 Å². The number of unbranched alkanes of at least 4 members (excludes halogenated alkanes) is 4. The van der Waals surface area contributed by atoms with E-state index in [0.717, 1.165) is 6.42 Å². The molecule has 0 spiro atoms. The first-order valence-electron chi connectivity index (χ1n) is 5.97. The van der Waals surface area contributed by atoms with Gasteiger partial charge in [0, 0.05) is 6.04 Å². The highest BCUT2D eigenvalue weighted by molar-refractivity contribution is 5.67. The van der Waals surface area contributed by atoms with Crippen molar-refractivity contribution in [3.05, 3.63) is 24.3 Å². The van der Waals surface area contributed by atoms with E-state index in [1.807, 2.05) is 12.2 Å². The Balaban J connectivity index is 3.50. The summed E-state index contributed by atoms with van der Waals surface area (Å²) in [6.07, 6.45) is 13.7. The second-order valence-electron chi connectivity index (χ2n) is 3.92. The molecule has 0 amide bonds. The van der Waals surface area contributed by atoms with Crippen molar-refractivity contribution in [2.45, 2.75) is 51.5 Å². The Hall–Kier alpha value is -1.09. The molecular weight excluding hydrogens is 202 g/mol. The maximum absolute atomic E-state index is 10.3. The molecule has 0 rings (SSSR count). The molecule has 0 aromatic rings. The highest BCUT2D eigenvalue weighted by Crippen LogP contribution is 2.02. The lowest BCUT2D eigenvalue weighted by Gasteiger charge is -1.99. The van der Waals surface area contributed by atoms with E-state index >= 15 is 0 Å². The van der Waals surface area contributed by atoms with Crippen LogP contribution in [0.15, 0.2) is 24.3 Å². The minimum atomic E-state index is -0.860. The van der Waals surface area contributed by atoms with E-state index in [9.17, 15) is 4.79 Å². The fraction of sp³-hybridized carbons (Fsp3) is 0.615. The van der Waals surface area contributed by atoms with Gasteiger partial charge < -0.3 is 10.8 Å². The van der Waals surface area contributed by atoms with Gasteiger partial charge >= 0.3 is 5.97 Å². The van der Waals surface area contributed by atoms with E-state index in [1.165, 1.54) is 25.7 Å². The van der Waals surface area contributed by atoms with Gasteiger partial charge in [-0.2, -0.15) is 0 Å². The van der Waals surface area contributed by atoms with Crippen LogP contribution >= 0.6 is 0 Å². The van der Waals surface area contributed by atoms with Crippen LogP contribution in [0.5, 0.6) is 0 Å². The summed E-state index contributed by atoms with van der Waals surface area (Å²) in [5.41, 5.74) is 5.55. The van der Waals surface area contributed by atoms with Crippen molar-refractivity contribution < 1.29 is 9.90 Å². The second-order valence-corrected chi connectivity index (χ2v) is 3.92. The average Bonchev–Trinajstić information content (AvgIpc) is 2.21. The number of hydrogen-bond donors (Lipinski definition) is 2. The third-order valence-electron chi connectivity index (χ3n) is 2.24. The molecule has 0 fully saturated rings. The van der Waals surface area contributed by atoms with Crippen LogP contribution in [-0.4, -0.2) is 17.1 Å². The zero-order valence-corrected chi connectivity index (χ0v) is 10.1. The molecule has 16 heavy (non-hydrogen) atoms. The molecule has 1 atom stereocenters. The molecule has 1 unspecified atom stereocenters. The maximum Gasteiger partial charge on any atom is 0.305 e. The standard InChI is InChI=1S/C13H23NO2/c1-2-3-4-5-6-7-8-9-10-12(14)11-13(15)16/h7-10,12H,2-6,11,14H2,1H3,(H,15,16)/b8-7+,10-9+. The van der Waals surface area contributed by atoms with Crippen LogP contribution in [0.2, 0.25) is 0 Å². The molecule has 3 heteroatoms. The summed E-state index contributed by atoms with van der Waals surface area (Å²) < 4.78 is 0. The van der Waals surface area contributed by atoms with Crippen LogP contribution in [0.25, 0.3) is 0 Å². The predicted octanol–water partition coefficient (Wildman–Crippen LogP) is 2.87. The zero-order chi connectivity index (χ0) is 12.2. The lowest BCUT2D eigenvalue weighted by Crippen LogP contribution is -2.20. The van der Waals surface area contributed by atoms with E-state index < -0.39 is 5.97 Å². The third-order valence-corrected chi connectivity index (χ3v) is 2.24. The summed E-state index contributed by atoms with van der Waals surface area (Å²) in [7, 11) is 0. The number of carboxylic acids is 1. The molecule has 3 nitrogen and oxygen atoms in total. The molecule has 0 aromatic carbocycles. The van der Waals surface area contributed by atoms with E-state index in [-0.39, 0.29) is 12.5 Å². The van der Waals surface area contributed by atoms with Crippen molar-refractivity contribution in [2.75, 3.05) is 0 Å². The van der Waals surface area contributed by atoms with Crippen molar-refractivity contribution in [1.82, 2.24) is 0 Å². The number of aliphatic carboxylic acids is 1. The highest BCUT2D eigenvalue weighted by Gasteiger charge is 2.02. The quantitative estimate of drug-likeness (QED) is 0.468. The Bertz CT molecular complexity index is 234. The van der Waals surface area contributed by atoms with Gasteiger partial charge in [-0.3, -0.25) is 4.79 Å². The third kappa shape index (κ3) is 11.0. The fourth-order valence-corrected chi connectivity index (χ4v) is 1.34. The average molecular weight is 225 g/mol. The first-order chi connectivity index (χ1) is 7.66. The van der Waals surface area contributed by atoms with Crippen LogP contribution in [0.3, 0.4) is 0 Å². The van der Waals surface area contributed by atoms with Crippen molar-refractivity contribution >= 4 is 5.97 Å². The van der Waals surface area contributed by atoms with Gasteiger partial charge in [0.25, 0.3) is 0 Å². The number of rotatable bonds is 9. The van der Waals surface area contributed by atoms with Crippen LogP contribution in [0.4, 0.5) is 0 Å². The summed E-state index contributed by atoms with van der Waals surface area (Å²) in [4.78, 5) is 10.3. The molecule has 92 valence electrons. The molecule has 3 N–H and O–H groups in total. The Morgan fingerprint density at radius 1 is 1.31 bits per heavy atom. The van der Waals surface area contributed by atoms with E-state index in [2.05, 4.69) is 13.0 Å². The van der Waals surface area contributed by atoms with Gasteiger partial charge in [0.15, 0.2) is 0 Å². The van der Waals surface area contributed by atoms with Crippen molar-refractivity contribution in [2.24, 2.45) is 5.73 Å². The molecule has 0 aromatic heterocycles. The van der Waals surface area contributed by atoms with Gasteiger partial charge in [0.2, 0.25) is 0 Å². The van der Waals surface area contributed by atoms with Crippen LogP contribution in [0.1, 0.15) is 45.4 Å². The normalized spacial score (nSPS) is 13.6. The fourth-order valence-electron chi connectivity index (χ4n) is 1.34. The molecular formula is C13H23NO2. The monoisotopic (exact) mass is 225 g/mol. The highest BCUT2D eigenvalue weighted by atomic mass is 16.4. The molecule has 0 aliphatic heterocycles. The Morgan fingerprint density at radius 3 is 2.69 bits per heavy atom. The molecule has 0 aliphatic rings. The van der Waals surface area contributed by atoms with Crippen molar-refractivity contribution in [3.8, 4) is 0 Å². The topological polar surface area (TPSA) is 63.3 Å². The van der Waals surface area contributed by atoms with Gasteiger partial charge in [-0.25, -0.2) is 0 Å². The molecule has 0 bridgehead atoms.